The van der Waals surface area contributed by atoms with Crippen LogP contribution in [0.1, 0.15) is 23.6 Å². The molecule has 1 aliphatic rings. The Morgan fingerprint density at radius 2 is 1.39 bits per heavy atom. The fourth-order valence-electron chi connectivity index (χ4n) is 5.85. The number of hydrogen-bond donors (Lipinski definition) is 0. The summed E-state index contributed by atoms with van der Waals surface area (Å²) in [4.78, 5) is 5.23. The monoisotopic (exact) mass is 498 g/mol. The molecular weight excluding hydrogens is 464 g/mol. The molecule has 190 valence electrons. The zero-order valence-corrected chi connectivity index (χ0v) is 22.1. The number of ether oxygens (including phenoxy) is 1. The van der Waals surface area contributed by atoms with Gasteiger partial charge in [0.15, 0.2) is 0 Å². The maximum absolute atomic E-state index is 5.45. The van der Waals surface area contributed by atoms with Gasteiger partial charge < -0.3 is 9.64 Å². The number of hydrogen-bond acceptors (Lipinski definition) is 3. The molecule has 38 heavy (non-hydrogen) atoms. The number of rotatable bonds is 6. The molecule has 0 unspecified atom stereocenters. The fourth-order valence-corrected chi connectivity index (χ4v) is 5.85. The van der Waals surface area contributed by atoms with E-state index < -0.39 is 0 Å². The minimum atomic E-state index is 0.250. The minimum Gasteiger partial charge on any atom is -0.497 e. The molecule has 3 heteroatoms. The van der Waals surface area contributed by atoms with Crippen molar-refractivity contribution in [1.29, 1.82) is 0 Å². The molecule has 0 spiro atoms. The number of anilines is 2. The highest BCUT2D eigenvalue weighted by molar-refractivity contribution is 5.84. The maximum Gasteiger partial charge on any atom is 0.119 e. The second kappa shape index (κ2) is 10.7. The van der Waals surface area contributed by atoms with Crippen molar-refractivity contribution in [2.24, 2.45) is 0 Å². The summed E-state index contributed by atoms with van der Waals surface area (Å²) in [5.74, 6) is 0.894. The predicted octanol–water partition coefficient (Wildman–Crippen LogP) is 8.00. The Morgan fingerprint density at radius 1 is 0.711 bits per heavy atom. The molecule has 0 fully saturated rings. The lowest BCUT2D eigenvalue weighted by Gasteiger charge is -2.39. The van der Waals surface area contributed by atoms with E-state index in [9.17, 15) is 0 Å². The highest BCUT2D eigenvalue weighted by Crippen LogP contribution is 2.38. The molecule has 0 aromatic heterocycles. The van der Waals surface area contributed by atoms with Gasteiger partial charge in [0, 0.05) is 30.5 Å². The van der Waals surface area contributed by atoms with Gasteiger partial charge >= 0.3 is 0 Å². The lowest BCUT2D eigenvalue weighted by atomic mass is 9.95. The number of fused-ring (bicyclic) bond motifs is 2. The molecule has 0 amide bonds. The third-order valence-corrected chi connectivity index (χ3v) is 7.91. The molecule has 1 aliphatic heterocycles. The number of nitrogens with zero attached hydrogens (tertiary/aromatic N) is 2. The molecule has 0 aliphatic carbocycles. The molecular formula is C35H34N2O. The van der Waals surface area contributed by atoms with E-state index in [4.69, 9.17) is 4.74 Å². The summed E-state index contributed by atoms with van der Waals surface area (Å²) < 4.78 is 5.45. The molecule has 0 saturated carbocycles. The van der Waals surface area contributed by atoms with E-state index in [1.165, 1.54) is 38.8 Å². The fraction of sp³-hybridized carbons (Fsp3) is 0.200. The Bertz CT molecular complexity index is 1520. The summed E-state index contributed by atoms with van der Waals surface area (Å²) in [6.45, 7) is 4.25. The van der Waals surface area contributed by atoms with Gasteiger partial charge in [-0.1, -0.05) is 91.0 Å². The van der Waals surface area contributed by atoms with Crippen molar-refractivity contribution in [2.75, 3.05) is 12.0 Å². The summed E-state index contributed by atoms with van der Waals surface area (Å²) in [5, 5.41) is 2.45. The molecule has 2 atom stereocenters. The Balaban J connectivity index is 1.44. The summed E-state index contributed by atoms with van der Waals surface area (Å²) in [6, 6.07) is 44.5. The first-order chi connectivity index (χ1) is 18.7. The van der Waals surface area contributed by atoms with E-state index in [0.29, 0.717) is 6.04 Å². The summed E-state index contributed by atoms with van der Waals surface area (Å²) >= 11 is 0. The van der Waals surface area contributed by atoms with Gasteiger partial charge in [0.2, 0.25) is 0 Å². The standard InChI is InChI=1S/C35H34N2O/c1-26-35(22-28-17-18-30-23-33(38-2)20-19-29(30)21-28)37(32-14-7-4-8-15-32)34-16-10-9-13-31(34)25-36(26)24-27-11-5-3-6-12-27/h3-21,23,26,35H,22,24-25H2,1-2H3/t26-,35+/m0/s1. The van der Waals surface area contributed by atoms with E-state index in [0.717, 1.165) is 25.3 Å². The smallest absolute Gasteiger partial charge is 0.119 e. The molecule has 0 N–H and O–H groups in total. The molecule has 5 aromatic rings. The molecule has 6 rings (SSSR count). The highest BCUT2D eigenvalue weighted by Gasteiger charge is 2.35. The van der Waals surface area contributed by atoms with Crippen LogP contribution in [0.15, 0.2) is 121 Å². The largest absolute Gasteiger partial charge is 0.497 e. The molecule has 5 aromatic carbocycles. The van der Waals surface area contributed by atoms with Crippen LogP contribution in [0.25, 0.3) is 10.8 Å². The Morgan fingerprint density at radius 3 is 2.18 bits per heavy atom. The van der Waals surface area contributed by atoms with Gasteiger partial charge in [0.1, 0.15) is 5.75 Å². The van der Waals surface area contributed by atoms with Crippen LogP contribution in [-0.2, 0) is 19.5 Å². The van der Waals surface area contributed by atoms with E-state index >= 15 is 0 Å². The lowest BCUT2D eigenvalue weighted by molar-refractivity contribution is 0.172. The number of benzene rings is 5. The minimum absolute atomic E-state index is 0.250. The summed E-state index contributed by atoms with van der Waals surface area (Å²) in [7, 11) is 1.72. The van der Waals surface area contributed by atoms with Gasteiger partial charge in [-0.3, -0.25) is 4.90 Å². The van der Waals surface area contributed by atoms with Gasteiger partial charge in [-0.15, -0.1) is 0 Å². The molecule has 0 radical (unpaired) electrons. The van der Waals surface area contributed by atoms with Crippen LogP contribution >= 0.6 is 0 Å². The first kappa shape index (κ1) is 24.3. The first-order valence-corrected chi connectivity index (χ1v) is 13.5. The van der Waals surface area contributed by atoms with Crippen LogP contribution in [0, 0.1) is 0 Å². The molecule has 3 nitrogen and oxygen atoms in total. The normalized spacial score (nSPS) is 17.7. The van der Waals surface area contributed by atoms with E-state index in [-0.39, 0.29) is 6.04 Å². The van der Waals surface area contributed by atoms with Gasteiger partial charge in [0.05, 0.1) is 13.2 Å². The van der Waals surface area contributed by atoms with E-state index in [1.807, 2.05) is 0 Å². The van der Waals surface area contributed by atoms with Crippen molar-refractivity contribution >= 4 is 22.1 Å². The van der Waals surface area contributed by atoms with Crippen molar-refractivity contribution < 1.29 is 4.74 Å². The number of para-hydroxylation sites is 2. The molecule has 0 saturated heterocycles. The van der Waals surface area contributed by atoms with Crippen LogP contribution in [-0.4, -0.2) is 24.1 Å². The molecule has 1 heterocycles. The average molecular weight is 499 g/mol. The van der Waals surface area contributed by atoms with Crippen molar-refractivity contribution in [3.63, 3.8) is 0 Å². The van der Waals surface area contributed by atoms with Crippen molar-refractivity contribution in [2.45, 2.75) is 38.5 Å². The van der Waals surface area contributed by atoms with Crippen molar-refractivity contribution in [1.82, 2.24) is 4.90 Å². The zero-order chi connectivity index (χ0) is 25.9. The first-order valence-electron chi connectivity index (χ1n) is 13.5. The van der Waals surface area contributed by atoms with Crippen LogP contribution in [0.5, 0.6) is 5.75 Å². The summed E-state index contributed by atoms with van der Waals surface area (Å²) in [5.41, 5.74) is 6.61. The van der Waals surface area contributed by atoms with Crippen LogP contribution in [0.2, 0.25) is 0 Å². The SMILES string of the molecule is COc1ccc2cc(C[C@@H]3[C@H](C)N(Cc4ccccc4)Cc4ccccc4N3c3ccccc3)ccc2c1. The van der Waals surface area contributed by atoms with Crippen molar-refractivity contribution in [3.05, 3.63) is 138 Å². The van der Waals surface area contributed by atoms with Gasteiger partial charge in [-0.2, -0.15) is 0 Å². The van der Waals surface area contributed by atoms with E-state index in [1.54, 1.807) is 7.11 Å². The third kappa shape index (κ3) is 4.90. The predicted molar refractivity (Wildman–Crippen MR) is 158 cm³/mol. The molecule has 0 bridgehead atoms. The Labute approximate surface area is 225 Å². The summed E-state index contributed by atoms with van der Waals surface area (Å²) in [6.07, 6.45) is 0.942. The van der Waals surface area contributed by atoms with Crippen LogP contribution < -0.4 is 9.64 Å². The van der Waals surface area contributed by atoms with Gasteiger partial charge in [-0.25, -0.2) is 0 Å². The second-order valence-corrected chi connectivity index (χ2v) is 10.3. The number of methoxy groups -OCH3 is 1. The highest BCUT2D eigenvalue weighted by atomic mass is 16.5. The van der Waals surface area contributed by atoms with Gasteiger partial charge in [0.25, 0.3) is 0 Å². The van der Waals surface area contributed by atoms with Crippen LogP contribution in [0.4, 0.5) is 11.4 Å². The lowest BCUT2D eigenvalue weighted by Crippen LogP contribution is -2.47. The zero-order valence-electron chi connectivity index (χ0n) is 22.1. The average Bonchev–Trinajstić information content (AvgIpc) is 3.08. The van der Waals surface area contributed by atoms with Crippen molar-refractivity contribution in [3.8, 4) is 5.75 Å². The van der Waals surface area contributed by atoms with E-state index in [2.05, 4.69) is 138 Å². The maximum atomic E-state index is 5.45. The Kier molecular flexibility index (Phi) is 6.85. The topological polar surface area (TPSA) is 15.7 Å². The quantitative estimate of drug-likeness (QED) is 0.236. The Hall–Kier alpha value is -4.08. The second-order valence-electron chi connectivity index (χ2n) is 10.3. The van der Waals surface area contributed by atoms with Crippen LogP contribution in [0.3, 0.4) is 0 Å². The van der Waals surface area contributed by atoms with Gasteiger partial charge in [-0.05, 0) is 71.1 Å². The third-order valence-electron chi connectivity index (χ3n) is 7.91.